The van der Waals surface area contributed by atoms with Gasteiger partial charge in [0.25, 0.3) is 0 Å². The third-order valence-electron chi connectivity index (χ3n) is 4.11. The number of aliphatic hydroxyl groups excluding tert-OH is 2. The van der Waals surface area contributed by atoms with Gasteiger partial charge in [0.1, 0.15) is 11.2 Å². The van der Waals surface area contributed by atoms with Crippen LogP contribution < -0.4 is 5.73 Å². The maximum Gasteiger partial charge on any atom is 0.200 e. The molecule has 1 fully saturated rings. The van der Waals surface area contributed by atoms with Crippen LogP contribution in [0.4, 0.5) is 5.95 Å². The monoisotopic (exact) mass is 351 g/mol. The Morgan fingerprint density at radius 2 is 2.25 bits per heavy atom. The van der Waals surface area contributed by atoms with Gasteiger partial charge >= 0.3 is 0 Å². The normalized spacial score (nSPS) is 29.6. The van der Waals surface area contributed by atoms with Crippen molar-refractivity contribution >= 4 is 29.3 Å². The predicted octanol–water partition coefficient (Wildman–Crippen LogP) is -0.676. The molecule has 0 saturated carbocycles. The number of nitrogens with two attached hydrogens (primary N) is 1. The van der Waals surface area contributed by atoms with Crippen molar-refractivity contribution < 1.29 is 20.1 Å². The number of hydrogen-bond acceptors (Lipinski definition) is 8. The fraction of sp³-hybridized carbons (Fsp3) is 0.500. The van der Waals surface area contributed by atoms with Crippen molar-refractivity contribution in [2.24, 2.45) is 5.92 Å². The minimum atomic E-state index is -1.72. The van der Waals surface area contributed by atoms with E-state index >= 15 is 0 Å². The summed E-state index contributed by atoms with van der Waals surface area (Å²) in [6.07, 6.45) is -0.388. The molecule has 1 aliphatic rings. The van der Waals surface area contributed by atoms with Crippen LogP contribution in [0, 0.1) is 22.4 Å². The first kappa shape index (κ1) is 16.8. The number of ether oxygens (including phenoxy) is 1. The molecule has 0 aromatic carbocycles. The summed E-state index contributed by atoms with van der Waals surface area (Å²) in [5.41, 5.74) is 4.77. The van der Waals surface area contributed by atoms with Crippen LogP contribution in [0.25, 0.3) is 11.2 Å². The topological polar surface area (TPSA) is 142 Å². The largest absolute Gasteiger partial charge is 0.396 e. The number of fused-ring (bicyclic) bond motifs is 1. The van der Waals surface area contributed by atoms with Crippen molar-refractivity contribution in [2.75, 3.05) is 18.9 Å². The number of H-pyrrole nitrogens is 1. The van der Waals surface area contributed by atoms with Gasteiger partial charge in [-0.3, -0.25) is 4.57 Å². The van der Waals surface area contributed by atoms with E-state index in [-0.39, 0.29) is 17.2 Å². The summed E-state index contributed by atoms with van der Waals surface area (Å²) >= 11 is 5.13. The number of anilines is 1. The molecule has 0 spiro atoms. The highest BCUT2D eigenvalue weighted by molar-refractivity contribution is 7.71. The highest BCUT2D eigenvalue weighted by Crippen LogP contribution is 2.43. The van der Waals surface area contributed by atoms with Crippen molar-refractivity contribution in [3.63, 3.8) is 0 Å². The zero-order valence-electron chi connectivity index (χ0n) is 12.8. The molecule has 0 aliphatic carbocycles. The lowest BCUT2D eigenvalue weighted by Gasteiger charge is -2.28. The standard InChI is InChI=1S/C14H17N5O4S/c1-2-3-14(22)7(4-20)8(5-21)23-12(14)19-6-16-9-10(19)17-13(15)18-11(9)24/h6-8,12,20-22H,4-5H2,1H3,(H3,15,17,18,24)/t7?,8-,12-,14?/m1/s1. The number of nitrogens with zero attached hydrogens (tertiary/aromatic N) is 3. The van der Waals surface area contributed by atoms with E-state index < -0.39 is 30.5 Å². The maximum atomic E-state index is 11.1. The molecular weight excluding hydrogens is 334 g/mol. The average molecular weight is 351 g/mol. The van der Waals surface area contributed by atoms with Crippen molar-refractivity contribution in [1.29, 1.82) is 0 Å². The Bertz CT molecular complexity index is 885. The van der Waals surface area contributed by atoms with E-state index in [0.29, 0.717) is 11.2 Å². The Hall–Kier alpha value is -2.03. The lowest BCUT2D eigenvalue weighted by atomic mass is 9.85. The van der Waals surface area contributed by atoms with E-state index in [4.69, 9.17) is 22.7 Å². The summed E-state index contributed by atoms with van der Waals surface area (Å²) in [6, 6.07) is 0. The lowest BCUT2D eigenvalue weighted by Crippen LogP contribution is -2.43. The number of rotatable bonds is 3. The van der Waals surface area contributed by atoms with Crippen LogP contribution in [0.3, 0.4) is 0 Å². The molecule has 1 saturated heterocycles. The molecule has 9 nitrogen and oxygen atoms in total. The molecule has 0 bridgehead atoms. The van der Waals surface area contributed by atoms with Crippen LogP contribution in [0.5, 0.6) is 0 Å². The minimum Gasteiger partial charge on any atom is -0.396 e. The van der Waals surface area contributed by atoms with Gasteiger partial charge in [0.2, 0.25) is 0 Å². The Morgan fingerprint density at radius 3 is 2.88 bits per heavy atom. The molecule has 4 atom stereocenters. The van der Waals surface area contributed by atoms with E-state index in [2.05, 4.69) is 26.8 Å². The molecule has 2 aromatic heterocycles. The molecule has 3 heterocycles. The fourth-order valence-electron chi connectivity index (χ4n) is 3.02. The van der Waals surface area contributed by atoms with Crippen molar-refractivity contribution in [3.05, 3.63) is 11.0 Å². The van der Waals surface area contributed by atoms with Crippen LogP contribution in [0.15, 0.2) is 6.33 Å². The number of aromatic amines is 1. The van der Waals surface area contributed by atoms with Crippen LogP contribution in [0.1, 0.15) is 13.2 Å². The fourth-order valence-corrected chi connectivity index (χ4v) is 3.27. The van der Waals surface area contributed by atoms with Gasteiger partial charge in [0, 0.05) is 0 Å². The summed E-state index contributed by atoms with van der Waals surface area (Å²) in [5, 5.41) is 30.2. The molecular formula is C14H17N5O4S. The van der Waals surface area contributed by atoms with E-state index in [1.54, 1.807) is 6.92 Å². The summed E-state index contributed by atoms with van der Waals surface area (Å²) < 4.78 is 7.46. The SMILES string of the molecule is CC#CC1(O)C(CO)[C@@H](CO)O[C@H]1n1cnc2c(=S)nc(N)[nH]c21. The summed E-state index contributed by atoms with van der Waals surface area (Å²) in [4.78, 5) is 10.9. The van der Waals surface area contributed by atoms with E-state index in [1.807, 2.05) is 0 Å². The quantitative estimate of drug-likeness (QED) is 0.362. The lowest BCUT2D eigenvalue weighted by molar-refractivity contribution is -0.0707. The van der Waals surface area contributed by atoms with Gasteiger partial charge in [-0.2, -0.15) is 0 Å². The van der Waals surface area contributed by atoms with Gasteiger partial charge in [-0.1, -0.05) is 18.1 Å². The van der Waals surface area contributed by atoms with Crippen molar-refractivity contribution in [3.8, 4) is 11.8 Å². The Balaban J connectivity index is 2.20. The van der Waals surface area contributed by atoms with Crippen LogP contribution in [-0.4, -0.2) is 59.8 Å². The zero-order valence-corrected chi connectivity index (χ0v) is 13.6. The minimum absolute atomic E-state index is 0.0924. The summed E-state index contributed by atoms with van der Waals surface area (Å²) in [7, 11) is 0. The first-order chi connectivity index (χ1) is 11.5. The second kappa shape index (κ2) is 6.12. The smallest absolute Gasteiger partial charge is 0.200 e. The predicted molar refractivity (Wildman–Crippen MR) is 87.1 cm³/mol. The first-order valence-corrected chi connectivity index (χ1v) is 7.62. The molecule has 0 amide bonds. The number of aromatic nitrogens is 4. The third-order valence-corrected chi connectivity index (χ3v) is 4.40. The molecule has 2 aromatic rings. The van der Waals surface area contributed by atoms with Crippen LogP contribution in [-0.2, 0) is 4.74 Å². The van der Waals surface area contributed by atoms with Gasteiger partial charge in [-0.05, 0) is 6.92 Å². The van der Waals surface area contributed by atoms with E-state index in [1.165, 1.54) is 10.9 Å². The molecule has 24 heavy (non-hydrogen) atoms. The Labute approximate surface area is 142 Å². The van der Waals surface area contributed by atoms with Gasteiger partial charge < -0.3 is 30.8 Å². The molecule has 0 radical (unpaired) electrons. The molecule has 128 valence electrons. The highest BCUT2D eigenvalue weighted by atomic mass is 32.1. The van der Waals surface area contributed by atoms with Gasteiger partial charge in [-0.25, -0.2) is 9.97 Å². The Morgan fingerprint density at radius 1 is 1.50 bits per heavy atom. The molecule has 1 aliphatic heterocycles. The highest BCUT2D eigenvalue weighted by Gasteiger charge is 2.55. The molecule has 6 N–H and O–H groups in total. The second-order valence-electron chi connectivity index (χ2n) is 5.48. The summed E-state index contributed by atoms with van der Waals surface area (Å²) in [6.45, 7) is 0.790. The number of nitrogen functional groups attached to an aromatic ring is 1. The van der Waals surface area contributed by atoms with Gasteiger partial charge in [0.15, 0.2) is 22.4 Å². The van der Waals surface area contributed by atoms with E-state index in [9.17, 15) is 15.3 Å². The number of hydrogen-bond donors (Lipinski definition) is 5. The van der Waals surface area contributed by atoms with Gasteiger partial charge in [-0.15, -0.1) is 5.92 Å². The first-order valence-electron chi connectivity index (χ1n) is 7.22. The average Bonchev–Trinajstić information content (AvgIpc) is 3.06. The molecule has 10 heteroatoms. The summed E-state index contributed by atoms with van der Waals surface area (Å²) in [5.74, 6) is 4.64. The number of nitrogens with one attached hydrogen (secondary N) is 1. The van der Waals surface area contributed by atoms with E-state index in [0.717, 1.165) is 0 Å². The van der Waals surface area contributed by atoms with Gasteiger partial charge in [0.05, 0.1) is 31.6 Å². The molecule has 2 unspecified atom stereocenters. The van der Waals surface area contributed by atoms with Crippen molar-refractivity contribution in [2.45, 2.75) is 24.9 Å². The zero-order chi connectivity index (χ0) is 17.5. The number of imidazole rings is 1. The van der Waals surface area contributed by atoms with Crippen molar-refractivity contribution in [1.82, 2.24) is 19.5 Å². The Kier molecular flexibility index (Phi) is 4.29. The molecule has 3 rings (SSSR count). The third kappa shape index (κ3) is 2.38. The maximum absolute atomic E-state index is 11.1. The second-order valence-corrected chi connectivity index (χ2v) is 5.86. The number of aliphatic hydroxyl groups is 3. The van der Waals surface area contributed by atoms with Crippen LogP contribution >= 0.6 is 12.2 Å². The van der Waals surface area contributed by atoms with Crippen LogP contribution in [0.2, 0.25) is 0 Å².